The number of rotatable bonds is 3. The number of aryl methyl sites for hydroxylation is 1. The van der Waals surface area contributed by atoms with Crippen molar-refractivity contribution in [3.63, 3.8) is 0 Å². The van der Waals surface area contributed by atoms with E-state index in [4.69, 9.17) is 5.84 Å². The summed E-state index contributed by atoms with van der Waals surface area (Å²) in [5, 5.41) is 8.01. The molecule has 5 heteroatoms. The zero-order valence-corrected chi connectivity index (χ0v) is 9.21. The Balaban J connectivity index is 2.28. The van der Waals surface area contributed by atoms with Crippen LogP contribution in [0.3, 0.4) is 0 Å². The predicted octanol–water partition coefficient (Wildman–Crippen LogP) is 2.05. The number of hydrogen-bond acceptors (Lipinski definition) is 5. The Labute approximate surface area is 92.1 Å². The molecule has 0 bridgehead atoms. The standard InChI is InChI=1S/C10H12N4S/c1-2-7-3-5-9(15-7)8-4-6-10(12-11)14-13-8/h3-6H,2,11H2,1H3,(H,12,14). The number of aromatic nitrogens is 2. The van der Waals surface area contributed by atoms with Crippen molar-refractivity contribution in [1.82, 2.24) is 10.2 Å². The fourth-order valence-electron chi connectivity index (χ4n) is 1.25. The molecular weight excluding hydrogens is 208 g/mol. The largest absolute Gasteiger partial charge is 0.307 e. The monoisotopic (exact) mass is 220 g/mol. The number of thiophene rings is 1. The van der Waals surface area contributed by atoms with E-state index in [1.807, 2.05) is 12.1 Å². The van der Waals surface area contributed by atoms with Crippen LogP contribution in [0.25, 0.3) is 10.6 Å². The predicted molar refractivity (Wildman–Crippen MR) is 62.5 cm³/mol. The van der Waals surface area contributed by atoms with Crippen LogP contribution in [0.1, 0.15) is 11.8 Å². The highest BCUT2D eigenvalue weighted by Crippen LogP contribution is 2.26. The fraction of sp³-hybridized carbons (Fsp3) is 0.200. The van der Waals surface area contributed by atoms with Crippen LogP contribution < -0.4 is 11.3 Å². The summed E-state index contributed by atoms with van der Waals surface area (Å²) in [6, 6.07) is 7.92. The first-order valence-electron chi connectivity index (χ1n) is 4.73. The minimum atomic E-state index is 0.575. The second kappa shape index (κ2) is 4.37. The molecule has 15 heavy (non-hydrogen) atoms. The normalized spacial score (nSPS) is 10.3. The van der Waals surface area contributed by atoms with Gasteiger partial charge in [-0.2, -0.15) is 0 Å². The minimum Gasteiger partial charge on any atom is -0.307 e. The average molecular weight is 220 g/mol. The summed E-state index contributed by atoms with van der Waals surface area (Å²) < 4.78 is 0. The van der Waals surface area contributed by atoms with Crippen LogP contribution in [0.4, 0.5) is 5.82 Å². The van der Waals surface area contributed by atoms with Gasteiger partial charge in [-0.15, -0.1) is 21.5 Å². The first-order chi connectivity index (χ1) is 7.33. The fourth-order valence-corrected chi connectivity index (χ4v) is 2.16. The van der Waals surface area contributed by atoms with Crippen LogP contribution in [-0.4, -0.2) is 10.2 Å². The van der Waals surface area contributed by atoms with Crippen LogP contribution in [0.15, 0.2) is 24.3 Å². The van der Waals surface area contributed by atoms with Gasteiger partial charge < -0.3 is 5.43 Å². The molecule has 0 aliphatic heterocycles. The first-order valence-corrected chi connectivity index (χ1v) is 5.54. The maximum Gasteiger partial charge on any atom is 0.162 e. The molecule has 4 nitrogen and oxygen atoms in total. The highest BCUT2D eigenvalue weighted by atomic mass is 32.1. The second-order valence-electron chi connectivity index (χ2n) is 3.07. The summed E-state index contributed by atoms with van der Waals surface area (Å²) in [6.45, 7) is 2.14. The van der Waals surface area contributed by atoms with E-state index in [9.17, 15) is 0 Å². The van der Waals surface area contributed by atoms with Crippen molar-refractivity contribution in [3.8, 4) is 10.6 Å². The van der Waals surface area contributed by atoms with Gasteiger partial charge in [-0.25, -0.2) is 5.84 Å². The van der Waals surface area contributed by atoms with Gasteiger partial charge in [0.25, 0.3) is 0 Å². The number of anilines is 1. The van der Waals surface area contributed by atoms with Gasteiger partial charge in [0.15, 0.2) is 5.82 Å². The quantitative estimate of drug-likeness (QED) is 0.614. The molecule has 0 fully saturated rings. The van der Waals surface area contributed by atoms with Crippen molar-refractivity contribution < 1.29 is 0 Å². The van der Waals surface area contributed by atoms with Crippen molar-refractivity contribution in [2.75, 3.05) is 5.43 Å². The SMILES string of the molecule is CCc1ccc(-c2ccc(NN)nn2)s1. The Bertz CT molecular complexity index is 435. The molecule has 0 saturated heterocycles. The van der Waals surface area contributed by atoms with Crippen LogP contribution >= 0.6 is 11.3 Å². The molecule has 0 amide bonds. The molecule has 2 rings (SSSR count). The first kappa shape index (κ1) is 10.1. The average Bonchev–Trinajstić information content (AvgIpc) is 2.78. The van der Waals surface area contributed by atoms with Crippen LogP contribution in [0.5, 0.6) is 0 Å². The molecule has 0 aromatic carbocycles. The summed E-state index contributed by atoms with van der Waals surface area (Å²) in [4.78, 5) is 2.50. The van der Waals surface area contributed by atoms with Crippen LogP contribution in [0, 0.1) is 0 Å². The highest BCUT2D eigenvalue weighted by molar-refractivity contribution is 7.15. The van der Waals surface area contributed by atoms with E-state index in [0.29, 0.717) is 5.82 Å². The Morgan fingerprint density at radius 2 is 2.13 bits per heavy atom. The van der Waals surface area contributed by atoms with Crippen molar-refractivity contribution in [2.45, 2.75) is 13.3 Å². The lowest BCUT2D eigenvalue weighted by Crippen LogP contribution is -2.08. The molecule has 0 unspecified atom stereocenters. The maximum absolute atomic E-state index is 5.21. The van der Waals surface area contributed by atoms with Gasteiger partial charge in [0.2, 0.25) is 0 Å². The molecule has 0 aliphatic rings. The lowest BCUT2D eigenvalue weighted by atomic mass is 10.3. The van der Waals surface area contributed by atoms with Crippen molar-refractivity contribution in [2.24, 2.45) is 5.84 Å². The van der Waals surface area contributed by atoms with E-state index in [-0.39, 0.29) is 0 Å². The molecule has 2 aromatic rings. The van der Waals surface area contributed by atoms with E-state index >= 15 is 0 Å². The number of hydrogen-bond donors (Lipinski definition) is 2. The second-order valence-corrected chi connectivity index (χ2v) is 4.24. The summed E-state index contributed by atoms with van der Waals surface area (Å²) in [7, 11) is 0. The van der Waals surface area contributed by atoms with Crippen molar-refractivity contribution in [1.29, 1.82) is 0 Å². The third-order valence-electron chi connectivity index (χ3n) is 2.07. The number of nitrogens with two attached hydrogens (primary N) is 1. The molecule has 0 saturated carbocycles. The molecule has 2 heterocycles. The van der Waals surface area contributed by atoms with Gasteiger partial charge in [0, 0.05) is 4.88 Å². The molecule has 2 aromatic heterocycles. The summed E-state index contributed by atoms with van der Waals surface area (Å²) in [5.41, 5.74) is 3.34. The van der Waals surface area contributed by atoms with E-state index in [1.54, 1.807) is 11.3 Å². The van der Waals surface area contributed by atoms with Gasteiger partial charge in [-0.3, -0.25) is 0 Å². The molecule has 0 radical (unpaired) electrons. The van der Waals surface area contributed by atoms with E-state index in [0.717, 1.165) is 17.0 Å². The van der Waals surface area contributed by atoms with Crippen molar-refractivity contribution >= 4 is 17.2 Å². The van der Waals surface area contributed by atoms with Crippen LogP contribution in [0.2, 0.25) is 0 Å². The summed E-state index contributed by atoms with van der Waals surface area (Å²) >= 11 is 1.75. The Kier molecular flexibility index (Phi) is 2.94. The van der Waals surface area contributed by atoms with E-state index in [1.165, 1.54) is 4.88 Å². The molecule has 0 spiro atoms. The van der Waals surface area contributed by atoms with E-state index < -0.39 is 0 Å². The zero-order chi connectivity index (χ0) is 10.7. The third-order valence-corrected chi connectivity index (χ3v) is 3.33. The van der Waals surface area contributed by atoms with Gasteiger partial charge >= 0.3 is 0 Å². The zero-order valence-electron chi connectivity index (χ0n) is 8.40. The number of hydrazine groups is 1. The Morgan fingerprint density at radius 1 is 1.27 bits per heavy atom. The smallest absolute Gasteiger partial charge is 0.162 e. The van der Waals surface area contributed by atoms with Gasteiger partial charge in [-0.1, -0.05) is 6.92 Å². The number of nitrogen functional groups attached to an aromatic ring is 1. The van der Waals surface area contributed by atoms with Crippen molar-refractivity contribution in [3.05, 3.63) is 29.1 Å². The lowest BCUT2D eigenvalue weighted by molar-refractivity contribution is 1.03. The number of nitrogens with one attached hydrogen (secondary N) is 1. The van der Waals surface area contributed by atoms with Crippen LogP contribution in [-0.2, 0) is 6.42 Å². The summed E-state index contributed by atoms with van der Waals surface area (Å²) in [5.74, 6) is 5.79. The highest BCUT2D eigenvalue weighted by Gasteiger charge is 2.03. The van der Waals surface area contributed by atoms with E-state index in [2.05, 4.69) is 34.7 Å². The van der Waals surface area contributed by atoms with Gasteiger partial charge in [0.1, 0.15) is 5.69 Å². The number of nitrogens with zero attached hydrogens (tertiary/aromatic N) is 2. The Morgan fingerprint density at radius 3 is 2.67 bits per heavy atom. The Hall–Kier alpha value is -1.46. The van der Waals surface area contributed by atoms with Gasteiger partial charge in [-0.05, 0) is 30.7 Å². The topological polar surface area (TPSA) is 63.8 Å². The lowest BCUT2D eigenvalue weighted by Gasteiger charge is -1.98. The summed E-state index contributed by atoms with van der Waals surface area (Å²) in [6.07, 6.45) is 1.06. The minimum absolute atomic E-state index is 0.575. The third kappa shape index (κ3) is 2.14. The molecule has 78 valence electrons. The molecule has 0 atom stereocenters. The molecular formula is C10H12N4S. The van der Waals surface area contributed by atoms with Gasteiger partial charge in [0.05, 0.1) is 4.88 Å². The molecule has 3 N–H and O–H groups in total. The maximum atomic E-state index is 5.21. The molecule has 0 aliphatic carbocycles.